The fourth-order valence-electron chi connectivity index (χ4n) is 3.04. The van der Waals surface area contributed by atoms with E-state index in [1.807, 2.05) is 0 Å². The lowest BCUT2D eigenvalue weighted by Gasteiger charge is -2.40. The molecule has 0 aromatic carbocycles. The highest BCUT2D eigenvalue weighted by Crippen LogP contribution is 2.34. The Balaban J connectivity index is 1.89. The van der Waals surface area contributed by atoms with Gasteiger partial charge in [0.2, 0.25) is 5.91 Å². The topological polar surface area (TPSA) is 40.5 Å². The number of hydrogen-bond donors (Lipinski definition) is 1. The lowest BCUT2D eigenvalue weighted by Crippen LogP contribution is -2.55. The van der Waals surface area contributed by atoms with Gasteiger partial charge in [0.25, 0.3) is 0 Å². The van der Waals surface area contributed by atoms with Crippen molar-refractivity contribution in [3.05, 3.63) is 0 Å². The molecule has 3 nitrogen and oxygen atoms in total. The second-order valence-electron chi connectivity index (χ2n) is 5.51. The van der Waals surface area contributed by atoms with Crippen LogP contribution in [0.5, 0.6) is 0 Å². The van der Waals surface area contributed by atoms with E-state index in [0.717, 1.165) is 12.8 Å². The minimum atomic E-state index is -0.271. The van der Waals surface area contributed by atoms with Crippen LogP contribution in [0.4, 0.5) is 0 Å². The number of aliphatic hydroxyl groups excluding tert-OH is 1. The molecular weight excluding hydrogens is 190 g/mol. The summed E-state index contributed by atoms with van der Waals surface area (Å²) in [5, 5.41) is 9.18. The van der Waals surface area contributed by atoms with Crippen molar-refractivity contribution in [1.82, 2.24) is 4.90 Å². The van der Waals surface area contributed by atoms with E-state index in [9.17, 15) is 9.90 Å². The summed E-state index contributed by atoms with van der Waals surface area (Å²) in [6.07, 6.45) is 3.06. The van der Waals surface area contributed by atoms with Crippen LogP contribution in [0.15, 0.2) is 0 Å². The molecule has 1 amide bonds. The molecule has 2 aliphatic rings. The van der Waals surface area contributed by atoms with E-state index in [0.29, 0.717) is 24.9 Å². The Bertz CT molecular complexity index is 238. The largest absolute Gasteiger partial charge is 0.389 e. The molecule has 15 heavy (non-hydrogen) atoms. The van der Waals surface area contributed by atoms with Crippen molar-refractivity contribution in [3.63, 3.8) is 0 Å². The van der Waals surface area contributed by atoms with Crippen LogP contribution in [-0.2, 0) is 4.79 Å². The molecule has 2 fully saturated rings. The van der Waals surface area contributed by atoms with Crippen LogP contribution in [-0.4, -0.2) is 35.1 Å². The van der Waals surface area contributed by atoms with Gasteiger partial charge in [-0.15, -0.1) is 0 Å². The van der Waals surface area contributed by atoms with Crippen LogP contribution in [0.3, 0.4) is 0 Å². The van der Waals surface area contributed by atoms with Crippen molar-refractivity contribution in [2.45, 2.75) is 39.2 Å². The number of amides is 1. The van der Waals surface area contributed by atoms with Crippen molar-refractivity contribution >= 4 is 5.91 Å². The number of likely N-dealkylation sites (tertiary alicyclic amines) is 1. The van der Waals surface area contributed by atoms with Crippen LogP contribution in [0.1, 0.15) is 33.1 Å². The average molecular weight is 211 g/mol. The van der Waals surface area contributed by atoms with Gasteiger partial charge in [-0.2, -0.15) is 0 Å². The van der Waals surface area contributed by atoms with Gasteiger partial charge in [0.05, 0.1) is 6.10 Å². The maximum Gasteiger partial charge on any atom is 0.225 e. The third-order valence-corrected chi connectivity index (χ3v) is 3.70. The fraction of sp³-hybridized carbons (Fsp3) is 0.917. The zero-order valence-electron chi connectivity index (χ0n) is 9.65. The highest BCUT2D eigenvalue weighted by atomic mass is 16.3. The van der Waals surface area contributed by atoms with Crippen molar-refractivity contribution in [1.29, 1.82) is 0 Å². The summed E-state index contributed by atoms with van der Waals surface area (Å²) in [5.74, 6) is 1.85. The highest BCUT2D eigenvalue weighted by molar-refractivity contribution is 5.79. The van der Waals surface area contributed by atoms with Crippen LogP contribution in [0.2, 0.25) is 0 Å². The maximum atomic E-state index is 12.0. The Labute approximate surface area is 91.5 Å². The lowest BCUT2D eigenvalue weighted by molar-refractivity contribution is -0.147. The van der Waals surface area contributed by atoms with E-state index in [4.69, 9.17) is 0 Å². The molecule has 0 aromatic heterocycles. The number of carbonyl (C=O) groups excluding carboxylic acids is 1. The molecule has 2 unspecified atom stereocenters. The number of carbonyl (C=O) groups is 1. The summed E-state index contributed by atoms with van der Waals surface area (Å²) in [6.45, 7) is 5.58. The minimum absolute atomic E-state index is 0.219. The summed E-state index contributed by atoms with van der Waals surface area (Å²) in [5.41, 5.74) is 0. The van der Waals surface area contributed by atoms with Gasteiger partial charge < -0.3 is 10.0 Å². The number of β-amino-alcohol motifs (C(OH)–C–C–N with tert-alkyl or cyclic N) is 1. The van der Waals surface area contributed by atoms with Gasteiger partial charge in [0.15, 0.2) is 0 Å². The minimum Gasteiger partial charge on any atom is -0.389 e. The second-order valence-corrected chi connectivity index (χ2v) is 5.51. The highest BCUT2D eigenvalue weighted by Gasteiger charge is 2.36. The molecule has 3 heteroatoms. The van der Waals surface area contributed by atoms with Gasteiger partial charge in [0, 0.05) is 19.0 Å². The molecule has 1 heterocycles. The summed E-state index contributed by atoms with van der Waals surface area (Å²) < 4.78 is 0. The smallest absolute Gasteiger partial charge is 0.225 e. The van der Waals surface area contributed by atoms with Crippen molar-refractivity contribution in [2.75, 3.05) is 13.1 Å². The van der Waals surface area contributed by atoms with Gasteiger partial charge in [-0.1, -0.05) is 13.8 Å². The molecule has 1 saturated carbocycles. The molecule has 2 rings (SSSR count). The summed E-state index contributed by atoms with van der Waals surface area (Å²) in [6, 6.07) is 0. The van der Waals surface area contributed by atoms with E-state index in [-0.39, 0.29) is 17.9 Å². The van der Waals surface area contributed by atoms with Crippen molar-refractivity contribution in [2.24, 2.45) is 17.8 Å². The van der Waals surface area contributed by atoms with Crippen LogP contribution >= 0.6 is 0 Å². The molecule has 0 radical (unpaired) electrons. The third-order valence-electron chi connectivity index (χ3n) is 3.70. The molecule has 1 N–H and O–H groups in total. The molecular formula is C12H21NO2. The fourth-order valence-corrected chi connectivity index (χ4v) is 3.04. The number of hydrogen-bond acceptors (Lipinski definition) is 2. The number of aliphatic hydroxyl groups is 1. The molecule has 0 bridgehead atoms. The standard InChI is InChI=1S/C12H21NO2/c1-8-3-9(2)5-10(4-8)12(15)13-6-11(14)7-13/h8-11,14H,3-7H2,1-2H3. The van der Waals surface area contributed by atoms with Gasteiger partial charge in [0.1, 0.15) is 0 Å². The molecule has 0 spiro atoms. The Kier molecular flexibility index (Phi) is 3.01. The quantitative estimate of drug-likeness (QED) is 0.709. The van der Waals surface area contributed by atoms with E-state index in [2.05, 4.69) is 13.8 Å². The maximum absolute atomic E-state index is 12.0. The zero-order valence-corrected chi connectivity index (χ0v) is 9.65. The zero-order chi connectivity index (χ0) is 11.0. The van der Waals surface area contributed by atoms with E-state index in [1.54, 1.807) is 4.90 Å². The van der Waals surface area contributed by atoms with E-state index in [1.165, 1.54) is 6.42 Å². The predicted octanol–water partition coefficient (Wildman–Crippen LogP) is 1.26. The first-order valence-electron chi connectivity index (χ1n) is 6.03. The predicted molar refractivity (Wildman–Crippen MR) is 58.3 cm³/mol. The Morgan fingerprint density at radius 3 is 2.13 bits per heavy atom. The normalized spacial score (nSPS) is 37.5. The van der Waals surface area contributed by atoms with Crippen molar-refractivity contribution < 1.29 is 9.90 Å². The molecule has 86 valence electrons. The molecule has 1 aliphatic heterocycles. The molecule has 1 aliphatic carbocycles. The molecule has 0 aromatic rings. The monoisotopic (exact) mass is 211 g/mol. The first-order valence-corrected chi connectivity index (χ1v) is 6.03. The van der Waals surface area contributed by atoms with Gasteiger partial charge >= 0.3 is 0 Å². The number of nitrogens with zero attached hydrogens (tertiary/aromatic N) is 1. The Morgan fingerprint density at radius 1 is 1.13 bits per heavy atom. The first-order chi connectivity index (χ1) is 7.06. The summed E-state index contributed by atoms with van der Waals surface area (Å²) >= 11 is 0. The second kappa shape index (κ2) is 4.12. The third kappa shape index (κ3) is 2.33. The van der Waals surface area contributed by atoms with Gasteiger partial charge in [-0.25, -0.2) is 0 Å². The van der Waals surface area contributed by atoms with E-state index < -0.39 is 0 Å². The summed E-state index contributed by atoms with van der Waals surface area (Å²) in [4.78, 5) is 13.8. The SMILES string of the molecule is CC1CC(C)CC(C(=O)N2CC(O)C2)C1. The van der Waals surface area contributed by atoms with E-state index >= 15 is 0 Å². The lowest BCUT2D eigenvalue weighted by atomic mass is 9.76. The molecule has 2 atom stereocenters. The number of rotatable bonds is 1. The average Bonchev–Trinajstić information content (AvgIpc) is 2.10. The Hall–Kier alpha value is -0.570. The summed E-state index contributed by atoms with van der Waals surface area (Å²) in [7, 11) is 0. The van der Waals surface area contributed by atoms with Crippen molar-refractivity contribution in [3.8, 4) is 0 Å². The van der Waals surface area contributed by atoms with Crippen LogP contribution in [0, 0.1) is 17.8 Å². The Morgan fingerprint density at radius 2 is 1.67 bits per heavy atom. The van der Waals surface area contributed by atoms with Gasteiger partial charge in [-0.05, 0) is 31.1 Å². The molecule has 1 saturated heterocycles. The van der Waals surface area contributed by atoms with Crippen LogP contribution < -0.4 is 0 Å². The first kappa shape index (κ1) is 10.9. The van der Waals surface area contributed by atoms with Gasteiger partial charge in [-0.3, -0.25) is 4.79 Å². The van der Waals surface area contributed by atoms with Crippen LogP contribution in [0.25, 0.3) is 0 Å².